The average molecular weight is 216 g/mol. The SMILES string of the molecule is COc1cccc(Oc2cc[n+](C)cc2)c1. The predicted octanol–water partition coefficient (Wildman–Crippen LogP) is 2.31. The van der Waals surface area contributed by atoms with E-state index in [1.54, 1.807) is 7.11 Å². The first-order valence-electron chi connectivity index (χ1n) is 5.05. The number of benzene rings is 1. The summed E-state index contributed by atoms with van der Waals surface area (Å²) in [5.41, 5.74) is 0. The van der Waals surface area contributed by atoms with E-state index in [-0.39, 0.29) is 0 Å². The van der Waals surface area contributed by atoms with E-state index in [1.165, 1.54) is 0 Å². The van der Waals surface area contributed by atoms with Crippen LogP contribution in [0.3, 0.4) is 0 Å². The molecule has 0 saturated heterocycles. The normalized spacial score (nSPS) is 9.88. The van der Waals surface area contributed by atoms with Gasteiger partial charge in [0.25, 0.3) is 0 Å². The Kier molecular flexibility index (Phi) is 3.05. The van der Waals surface area contributed by atoms with Gasteiger partial charge in [-0.25, -0.2) is 4.57 Å². The molecule has 16 heavy (non-hydrogen) atoms. The summed E-state index contributed by atoms with van der Waals surface area (Å²) < 4.78 is 12.8. The Morgan fingerprint density at radius 2 is 1.62 bits per heavy atom. The number of ether oxygens (including phenoxy) is 2. The molecule has 2 aromatic rings. The molecule has 0 radical (unpaired) electrons. The van der Waals surface area contributed by atoms with Gasteiger partial charge in [0.05, 0.1) is 7.11 Å². The first-order chi connectivity index (χ1) is 7.78. The van der Waals surface area contributed by atoms with Crippen molar-refractivity contribution in [2.45, 2.75) is 0 Å². The minimum atomic E-state index is 0.771. The average Bonchev–Trinajstić information content (AvgIpc) is 2.32. The molecule has 0 aliphatic rings. The van der Waals surface area contributed by atoms with Gasteiger partial charge in [-0.2, -0.15) is 0 Å². The number of hydrogen-bond acceptors (Lipinski definition) is 2. The number of methoxy groups -OCH3 is 1. The number of hydrogen-bond donors (Lipinski definition) is 0. The standard InChI is InChI=1S/C13H14NO2/c1-14-8-6-11(7-9-14)16-13-5-3-4-12(10-13)15-2/h3-10H,1-2H3/q+1. The summed E-state index contributed by atoms with van der Waals surface area (Å²) >= 11 is 0. The molecule has 3 nitrogen and oxygen atoms in total. The van der Waals surface area contributed by atoms with Crippen molar-refractivity contribution in [2.24, 2.45) is 7.05 Å². The lowest BCUT2D eigenvalue weighted by atomic mass is 10.3. The van der Waals surface area contributed by atoms with E-state index in [4.69, 9.17) is 9.47 Å². The monoisotopic (exact) mass is 216 g/mol. The van der Waals surface area contributed by atoms with Crippen LogP contribution < -0.4 is 14.0 Å². The molecule has 0 fully saturated rings. The fourth-order valence-electron chi connectivity index (χ4n) is 1.36. The molecule has 0 aliphatic heterocycles. The van der Waals surface area contributed by atoms with Gasteiger partial charge in [0, 0.05) is 18.2 Å². The van der Waals surface area contributed by atoms with Crippen molar-refractivity contribution in [1.29, 1.82) is 0 Å². The van der Waals surface area contributed by atoms with Crippen LogP contribution in [0.5, 0.6) is 17.2 Å². The Hall–Kier alpha value is -2.03. The molecule has 0 bridgehead atoms. The maximum atomic E-state index is 5.68. The Morgan fingerprint density at radius 3 is 2.31 bits per heavy atom. The van der Waals surface area contributed by atoms with Crippen molar-refractivity contribution in [3.8, 4) is 17.2 Å². The summed E-state index contributed by atoms with van der Waals surface area (Å²) in [6.45, 7) is 0. The lowest BCUT2D eigenvalue weighted by molar-refractivity contribution is -0.671. The van der Waals surface area contributed by atoms with Crippen LogP contribution in [-0.4, -0.2) is 7.11 Å². The molecule has 1 aromatic heterocycles. The summed E-state index contributed by atoms with van der Waals surface area (Å²) in [5, 5.41) is 0. The highest BCUT2D eigenvalue weighted by atomic mass is 16.5. The number of aryl methyl sites for hydroxylation is 1. The highest BCUT2D eigenvalue weighted by Crippen LogP contribution is 2.24. The van der Waals surface area contributed by atoms with Crippen LogP contribution in [0.1, 0.15) is 0 Å². The van der Waals surface area contributed by atoms with Crippen LogP contribution in [-0.2, 0) is 7.05 Å². The molecule has 1 heterocycles. The molecule has 2 rings (SSSR count). The fourth-order valence-corrected chi connectivity index (χ4v) is 1.36. The minimum absolute atomic E-state index is 0.771. The highest BCUT2D eigenvalue weighted by Gasteiger charge is 2.00. The smallest absolute Gasteiger partial charge is 0.172 e. The summed E-state index contributed by atoms with van der Waals surface area (Å²) in [6, 6.07) is 11.4. The van der Waals surface area contributed by atoms with E-state index in [0.29, 0.717) is 0 Å². The van der Waals surface area contributed by atoms with Gasteiger partial charge >= 0.3 is 0 Å². The van der Waals surface area contributed by atoms with Gasteiger partial charge in [0.15, 0.2) is 12.4 Å². The van der Waals surface area contributed by atoms with Gasteiger partial charge in [-0.05, 0) is 12.1 Å². The van der Waals surface area contributed by atoms with Crippen molar-refractivity contribution < 1.29 is 14.0 Å². The van der Waals surface area contributed by atoms with Crippen LogP contribution in [0.4, 0.5) is 0 Å². The van der Waals surface area contributed by atoms with Gasteiger partial charge in [-0.15, -0.1) is 0 Å². The molecule has 0 atom stereocenters. The third-order valence-electron chi connectivity index (χ3n) is 2.22. The molecule has 0 N–H and O–H groups in total. The van der Waals surface area contributed by atoms with E-state index in [1.807, 2.05) is 60.4 Å². The molecule has 0 aliphatic carbocycles. The molecule has 3 heteroatoms. The Labute approximate surface area is 94.9 Å². The van der Waals surface area contributed by atoms with Crippen molar-refractivity contribution in [3.63, 3.8) is 0 Å². The van der Waals surface area contributed by atoms with Crippen LogP contribution >= 0.6 is 0 Å². The largest absolute Gasteiger partial charge is 0.497 e. The second-order valence-corrected chi connectivity index (χ2v) is 3.48. The van der Waals surface area contributed by atoms with Crippen LogP contribution in [0, 0.1) is 0 Å². The van der Waals surface area contributed by atoms with E-state index in [2.05, 4.69) is 0 Å². The third-order valence-corrected chi connectivity index (χ3v) is 2.22. The molecular formula is C13H14NO2+. The molecule has 0 amide bonds. The van der Waals surface area contributed by atoms with E-state index < -0.39 is 0 Å². The zero-order valence-electron chi connectivity index (χ0n) is 9.38. The van der Waals surface area contributed by atoms with Crippen molar-refractivity contribution >= 4 is 0 Å². The predicted molar refractivity (Wildman–Crippen MR) is 60.7 cm³/mol. The van der Waals surface area contributed by atoms with Crippen LogP contribution in [0.15, 0.2) is 48.8 Å². The molecule has 0 spiro atoms. The lowest BCUT2D eigenvalue weighted by Crippen LogP contribution is -2.25. The summed E-state index contributed by atoms with van der Waals surface area (Å²) in [4.78, 5) is 0. The minimum Gasteiger partial charge on any atom is -0.497 e. The number of aromatic nitrogens is 1. The van der Waals surface area contributed by atoms with Gasteiger partial charge in [-0.3, -0.25) is 0 Å². The number of pyridine rings is 1. The Morgan fingerprint density at radius 1 is 0.938 bits per heavy atom. The first kappa shape index (κ1) is 10.5. The van der Waals surface area contributed by atoms with E-state index in [0.717, 1.165) is 17.2 Å². The Balaban J connectivity index is 2.16. The van der Waals surface area contributed by atoms with E-state index >= 15 is 0 Å². The number of nitrogens with zero attached hydrogens (tertiary/aromatic N) is 1. The maximum Gasteiger partial charge on any atom is 0.172 e. The molecule has 82 valence electrons. The molecular weight excluding hydrogens is 202 g/mol. The molecule has 0 saturated carbocycles. The Bertz CT molecular complexity index is 466. The zero-order valence-corrected chi connectivity index (χ0v) is 9.38. The van der Waals surface area contributed by atoms with Gasteiger partial charge < -0.3 is 9.47 Å². The van der Waals surface area contributed by atoms with Crippen molar-refractivity contribution in [3.05, 3.63) is 48.8 Å². The summed E-state index contributed by atoms with van der Waals surface area (Å²) in [6.07, 6.45) is 3.88. The van der Waals surface area contributed by atoms with E-state index in [9.17, 15) is 0 Å². The topological polar surface area (TPSA) is 22.3 Å². The molecule has 0 unspecified atom stereocenters. The summed E-state index contributed by atoms with van der Waals surface area (Å²) in [7, 11) is 3.61. The second kappa shape index (κ2) is 4.66. The lowest BCUT2D eigenvalue weighted by Gasteiger charge is -2.06. The van der Waals surface area contributed by atoms with Gasteiger partial charge in [0.2, 0.25) is 0 Å². The van der Waals surface area contributed by atoms with Gasteiger partial charge in [-0.1, -0.05) is 6.07 Å². The van der Waals surface area contributed by atoms with Crippen LogP contribution in [0.25, 0.3) is 0 Å². The zero-order chi connectivity index (χ0) is 11.4. The van der Waals surface area contributed by atoms with Crippen LogP contribution in [0.2, 0.25) is 0 Å². The fraction of sp³-hybridized carbons (Fsp3) is 0.154. The van der Waals surface area contributed by atoms with Crippen molar-refractivity contribution in [1.82, 2.24) is 0 Å². The molecule has 1 aromatic carbocycles. The third kappa shape index (κ3) is 2.51. The first-order valence-corrected chi connectivity index (χ1v) is 5.05. The summed E-state index contributed by atoms with van der Waals surface area (Å²) in [5.74, 6) is 2.37. The second-order valence-electron chi connectivity index (χ2n) is 3.48. The quantitative estimate of drug-likeness (QED) is 0.735. The maximum absolute atomic E-state index is 5.68. The number of rotatable bonds is 3. The van der Waals surface area contributed by atoms with Crippen molar-refractivity contribution in [2.75, 3.05) is 7.11 Å². The van der Waals surface area contributed by atoms with Gasteiger partial charge in [0.1, 0.15) is 24.3 Å². The highest BCUT2D eigenvalue weighted by molar-refractivity contribution is 5.35.